The molecule has 7 heteroatoms. The van der Waals surface area contributed by atoms with Gasteiger partial charge in [0.2, 0.25) is 10.0 Å². The molecule has 0 bridgehead atoms. The molecule has 0 amide bonds. The summed E-state index contributed by atoms with van der Waals surface area (Å²) in [5.74, 6) is 0. The van der Waals surface area contributed by atoms with E-state index in [1.807, 2.05) is 6.92 Å². The first-order chi connectivity index (χ1) is 8.89. The van der Waals surface area contributed by atoms with Gasteiger partial charge in [-0.1, -0.05) is 0 Å². The van der Waals surface area contributed by atoms with E-state index in [1.54, 1.807) is 6.07 Å². The molecular weight excluding hydrogens is 266 g/mol. The van der Waals surface area contributed by atoms with Crippen molar-refractivity contribution < 1.29 is 13.2 Å². The highest BCUT2D eigenvalue weighted by Crippen LogP contribution is 2.23. The highest BCUT2D eigenvalue weighted by Gasteiger charge is 2.18. The fourth-order valence-corrected chi connectivity index (χ4v) is 2.39. The van der Waals surface area contributed by atoms with Crippen molar-refractivity contribution in [3.63, 3.8) is 0 Å². The van der Waals surface area contributed by atoms with Gasteiger partial charge in [-0.25, -0.2) is 12.7 Å². The number of sulfonamides is 1. The highest BCUT2D eigenvalue weighted by molar-refractivity contribution is 7.89. The number of nitrogens with one attached hydrogen (secondary N) is 1. The average Bonchev–Trinajstić information content (AvgIpc) is 2.36. The topological polar surface area (TPSA) is 84.7 Å². The van der Waals surface area contributed by atoms with E-state index in [-0.39, 0.29) is 4.90 Å². The first-order valence-electron chi connectivity index (χ1n) is 6.03. The zero-order valence-corrected chi connectivity index (χ0v) is 12.3. The summed E-state index contributed by atoms with van der Waals surface area (Å²) in [7, 11) is -0.457. The van der Waals surface area contributed by atoms with Crippen molar-refractivity contribution in [3.05, 3.63) is 18.2 Å². The number of ether oxygens (including phenoxy) is 1. The van der Waals surface area contributed by atoms with Gasteiger partial charge in [-0.05, 0) is 25.1 Å². The zero-order valence-electron chi connectivity index (χ0n) is 11.5. The van der Waals surface area contributed by atoms with Gasteiger partial charge in [-0.3, -0.25) is 0 Å². The number of nitrogen functional groups attached to an aromatic ring is 1. The Balaban J connectivity index is 2.89. The van der Waals surface area contributed by atoms with Crippen LogP contribution in [-0.2, 0) is 14.8 Å². The summed E-state index contributed by atoms with van der Waals surface area (Å²) < 4.78 is 30.4. The van der Waals surface area contributed by atoms with E-state index < -0.39 is 10.0 Å². The number of nitrogens with zero attached hydrogens (tertiary/aromatic N) is 1. The van der Waals surface area contributed by atoms with Crippen LogP contribution in [0, 0.1) is 0 Å². The molecule has 0 aliphatic rings. The average molecular weight is 287 g/mol. The summed E-state index contributed by atoms with van der Waals surface area (Å²) in [6.07, 6.45) is 0. The van der Waals surface area contributed by atoms with Crippen molar-refractivity contribution in [1.29, 1.82) is 0 Å². The van der Waals surface area contributed by atoms with Crippen molar-refractivity contribution in [2.24, 2.45) is 0 Å². The third kappa shape index (κ3) is 4.09. The molecule has 0 radical (unpaired) electrons. The lowest BCUT2D eigenvalue weighted by Gasteiger charge is -2.14. The molecule has 0 unspecified atom stereocenters. The molecule has 0 saturated carbocycles. The van der Waals surface area contributed by atoms with Crippen molar-refractivity contribution in [1.82, 2.24) is 4.31 Å². The van der Waals surface area contributed by atoms with Crippen LogP contribution in [0.25, 0.3) is 0 Å². The maximum Gasteiger partial charge on any atom is 0.242 e. The molecule has 0 aliphatic heterocycles. The van der Waals surface area contributed by atoms with Crippen molar-refractivity contribution >= 4 is 21.4 Å². The molecule has 0 aliphatic carbocycles. The number of hydrogen-bond donors (Lipinski definition) is 2. The van der Waals surface area contributed by atoms with Crippen LogP contribution in [0.15, 0.2) is 23.1 Å². The first-order valence-corrected chi connectivity index (χ1v) is 7.47. The van der Waals surface area contributed by atoms with Crippen LogP contribution in [0.4, 0.5) is 11.4 Å². The van der Waals surface area contributed by atoms with Crippen LogP contribution in [0.2, 0.25) is 0 Å². The zero-order chi connectivity index (χ0) is 14.5. The Morgan fingerprint density at radius 1 is 1.37 bits per heavy atom. The largest absolute Gasteiger partial charge is 0.397 e. The van der Waals surface area contributed by atoms with Gasteiger partial charge in [0.25, 0.3) is 0 Å². The summed E-state index contributed by atoms with van der Waals surface area (Å²) in [4.78, 5) is 0.214. The number of benzene rings is 1. The molecule has 108 valence electrons. The molecule has 1 aromatic carbocycles. The molecule has 0 fully saturated rings. The minimum Gasteiger partial charge on any atom is -0.397 e. The molecule has 0 saturated heterocycles. The van der Waals surface area contributed by atoms with Gasteiger partial charge < -0.3 is 15.8 Å². The molecule has 0 spiro atoms. The Labute approximate surface area is 114 Å². The van der Waals surface area contributed by atoms with Gasteiger partial charge in [-0.2, -0.15) is 0 Å². The minimum atomic E-state index is -3.44. The second-order valence-electron chi connectivity index (χ2n) is 4.16. The SMILES string of the molecule is CCOCCNc1cc(S(=O)(=O)N(C)C)ccc1N. The van der Waals surface area contributed by atoms with Crippen molar-refractivity contribution in [2.75, 3.05) is 44.9 Å². The fourth-order valence-electron chi connectivity index (χ4n) is 1.46. The van der Waals surface area contributed by atoms with E-state index >= 15 is 0 Å². The third-order valence-electron chi connectivity index (χ3n) is 2.57. The molecular formula is C12H21N3O3S. The van der Waals surface area contributed by atoms with Gasteiger partial charge in [0, 0.05) is 27.2 Å². The van der Waals surface area contributed by atoms with Gasteiger partial charge in [0.15, 0.2) is 0 Å². The lowest BCUT2D eigenvalue weighted by Crippen LogP contribution is -2.22. The summed E-state index contributed by atoms with van der Waals surface area (Å²) in [5.41, 5.74) is 6.92. The molecule has 19 heavy (non-hydrogen) atoms. The van der Waals surface area contributed by atoms with Crippen LogP contribution in [-0.4, -0.2) is 46.6 Å². The van der Waals surface area contributed by atoms with E-state index in [1.165, 1.54) is 30.5 Å². The highest BCUT2D eigenvalue weighted by atomic mass is 32.2. The smallest absolute Gasteiger partial charge is 0.242 e. The third-order valence-corrected chi connectivity index (χ3v) is 4.38. The van der Waals surface area contributed by atoms with E-state index in [0.717, 1.165) is 0 Å². The number of rotatable bonds is 7. The predicted octanol–water partition coefficient (Wildman–Crippen LogP) is 0.967. The van der Waals surface area contributed by atoms with Crippen LogP contribution >= 0.6 is 0 Å². The Morgan fingerprint density at radius 2 is 2.05 bits per heavy atom. The second-order valence-corrected chi connectivity index (χ2v) is 6.31. The first kappa shape index (κ1) is 15.7. The molecule has 0 atom stereocenters. The summed E-state index contributed by atoms with van der Waals surface area (Å²) >= 11 is 0. The molecule has 1 rings (SSSR count). The lowest BCUT2D eigenvalue weighted by molar-refractivity contribution is 0.158. The minimum absolute atomic E-state index is 0.214. The summed E-state index contributed by atoms with van der Waals surface area (Å²) in [6, 6.07) is 4.62. The fraction of sp³-hybridized carbons (Fsp3) is 0.500. The van der Waals surface area contributed by atoms with Gasteiger partial charge in [-0.15, -0.1) is 0 Å². The van der Waals surface area contributed by atoms with E-state index in [9.17, 15) is 8.42 Å². The normalized spacial score (nSPS) is 11.8. The van der Waals surface area contributed by atoms with Gasteiger partial charge in [0.05, 0.1) is 22.9 Å². The van der Waals surface area contributed by atoms with Crippen molar-refractivity contribution in [2.45, 2.75) is 11.8 Å². The number of anilines is 2. The quantitative estimate of drug-likeness (QED) is 0.576. The Morgan fingerprint density at radius 3 is 2.63 bits per heavy atom. The van der Waals surface area contributed by atoms with E-state index in [2.05, 4.69) is 5.32 Å². The summed E-state index contributed by atoms with van der Waals surface area (Å²) in [6.45, 7) is 3.68. The van der Waals surface area contributed by atoms with Crippen LogP contribution < -0.4 is 11.1 Å². The van der Waals surface area contributed by atoms with Gasteiger partial charge >= 0.3 is 0 Å². The van der Waals surface area contributed by atoms with Crippen LogP contribution in [0.5, 0.6) is 0 Å². The van der Waals surface area contributed by atoms with E-state index in [4.69, 9.17) is 10.5 Å². The molecule has 0 heterocycles. The van der Waals surface area contributed by atoms with Crippen LogP contribution in [0.3, 0.4) is 0 Å². The lowest BCUT2D eigenvalue weighted by atomic mass is 10.2. The van der Waals surface area contributed by atoms with Gasteiger partial charge in [0.1, 0.15) is 0 Å². The van der Waals surface area contributed by atoms with E-state index in [0.29, 0.717) is 31.1 Å². The molecule has 0 aromatic heterocycles. The Bertz CT molecular complexity index is 515. The second kappa shape index (κ2) is 6.74. The Kier molecular flexibility index (Phi) is 5.59. The Hall–Kier alpha value is -1.31. The van der Waals surface area contributed by atoms with Crippen LogP contribution in [0.1, 0.15) is 6.92 Å². The molecule has 6 nitrogen and oxygen atoms in total. The maximum atomic E-state index is 12.0. The number of hydrogen-bond acceptors (Lipinski definition) is 5. The number of nitrogens with two attached hydrogens (primary N) is 1. The monoisotopic (exact) mass is 287 g/mol. The molecule has 1 aromatic rings. The van der Waals surface area contributed by atoms with Crippen molar-refractivity contribution in [3.8, 4) is 0 Å². The standard InChI is InChI=1S/C12H21N3O3S/c1-4-18-8-7-14-12-9-10(5-6-11(12)13)19(16,17)15(2)3/h5-6,9,14H,4,7-8,13H2,1-3H3. The predicted molar refractivity (Wildman–Crippen MR) is 76.7 cm³/mol. The maximum absolute atomic E-state index is 12.0. The summed E-state index contributed by atoms with van der Waals surface area (Å²) in [5, 5.41) is 3.07. The molecule has 3 N–H and O–H groups in total.